The molecule has 0 aromatic heterocycles. The standard InChI is InChI=1S/C12H21NO/c13-12(7-4-8-12)11(14)9-10-5-2-1-3-6-10/h10H,1-9,13H2. The van der Waals surface area contributed by atoms with Crippen molar-refractivity contribution in [2.45, 2.75) is 63.3 Å². The molecule has 0 unspecified atom stereocenters. The maximum absolute atomic E-state index is 11.9. The van der Waals surface area contributed by atoms with Crippen LogP contribution in [-0.4, -0.2) is 11.3 Å². The van der Waals surface area contributed by atoms with Crippen LogP contribution in [0, 0.1) is 5.92 Å². The average molecular weight is 195 g/mol. The van der Waals surface area contributed by atoms with E-state index in [1.54, 1.807) is 0 Å². The molecule has 2 aliphatic carbocycles. The molecule has 2 fully saturated rings. The zero-order chi connectivity index (χ0) is 10.0. The molecule has 2 rings (SSSR count). The van der Waals surface area contributed by atoms with E-state index >= 15 is 0 Å². The summed E-state index contributed by atoms with van der Waals surface area (Å²) in [5, 5.41) is 0. The molecule has 2 nitrogen and oxygen atoms in total. The molecule has 0 aromatic carbocycles. The molecule has 0 bridgehead atoms. The molecule has 0 amide bonds. The number of carbonyl (C=O) groups excluding carboxylic acids is 1. The van der Waals surface area contributed by atoms with Gasteiger partial charge < -0.3 is 5.73 Å². The van der Waals surface area contributed by atoms with Gasteiger partial charge in [0, 0.05) is 6.42 Å². The maximum Gasteiger partial charge on any atom is 0.152 e. The summed E-state index contributed by atoms with van der Waals surface area (Å²) < 4.78 is 0. The lowest BCUT2D eigenvalue weighted by atomic mass is 9.71. The smallest absolute Gasteiger partial charge is 0.152 e. The van der Waals surface area contributed by atoms with E-state index in [1.165, 1.54) is 32.1 Å². The third-order valence-corrected chi connectivity index (χ3v) is 4.00. The van der Waals surface area contributed by atoms with Crippen molar-refractivity contribution >= 4 is 5.78 Å². The van der Waals surface area contributed by atoms with Crippen LogP contribution in [0.1, 0.15) is 57.8 Å². The SMILES string of the molecule is NC1(C(=O)CC2CCCCC2)CCC1. The van der Waals surface area contributed by atoms with Gasteiger partial charge in [-0.2, -0.15) is 0 Å². The molecular formula is C12H21NO. The first-order valence-electron chi connectivity index (χ1n) is 6.03. The molecule has 2 saturated carbocycles. The average Bonchev–Trinajstić information content (AvgIpc) is 2.15. The van der Waals surface area contributed by atoms with Gasteiger partial charge in [-0.1, -0.05) is 32.1 Å². The van der Waals surface area contributed by atoms with Gasteiger partial charge in [-0.15, -0.1) is 0 Å². The highest BCUT2D eigenvalue weighted by Gasteiger charge is 2.40. The molecule has 0 heterocycles. The molecule has 0 aromatic rings. The summed E-state index contributed by atoms with van der Waals surface area (Å²) in [5.74, 6) is 0.993. The van der Waals surface area contributed by atoms with Crippen molar-refractivity contribution in [1.29, 1.82) is 0 Å². The number of hydrogen-bond acceptors (Lipinski definition) is 2. The number of rotatable bonds is 3. The van der Waals surface area contributed by atoms with Gasteiger partial charge in [0.15, 0.2) is 5.78 Å². The zero-order valence-electron chi connectivity index (χ0n) is 8.93. The lowest BCUT2D eigenvalue weighted by Gasteiger charge is -2.37. The highest BCUT2D eigenvalue weighted by molar-refractivity contribution is 5.89. The Balaban J connectivity index is 1.81. The first kappa shape index (κ1) is 10.2. The van der Waals surface area contributed by atoms with Crippen LogP contribution in [0.5, 0.6) is 0 Å². The van der Waals surface area contributed by atoms with E-state index < -0.39 is 5.54 Å². The van der Waals surface area contributed by atoms with Gasteiger partial charge >= 0.3 is 0 Å². The Morgan fingerprint density at radius 3 is 2.29 bits per heavy atom. The van der Waals surface area contributed by atoms with Crippen molar-refractivity contribution in [2.24, 2.45) is 11.7 Å². The second-order valence-electron chi connectivity index (χ2n) is 5.14. The highest BCUT2D eigenvalue weighted by Crippen LogP contribution is 2.34. The normalized spacial score (nSPS) is 26.9. The summed E-state index contributed by atoms with van der Waals surface area (Å²) in [4.78, 5) is 11.9. The highest BCUT2D eigenvalue weighted by atomic mass is 16.1. The Bertz CT molecular complexity index is 214. The maximum atomic E-state index is 11.9. The molecule has 80 valence electrons. The summed E-state index contributed by atoms with van der Waals surface area (Å²) in [6, 6.07) is 0. The molecule has 0 saturated heterocycles. The number of nitrogens with two attached hydrogens (primary N) is 1. The molecular weight excluding hydrogens is 174 g/mol. The topological polar surface area (TPSA) is 43.1 Å². The van der Waals surface area contributed by atoms with E-state index in [9.17, 15) is 4.79 Å². The van der Waals surface area contributed by atoms with Gasteiger partial charge in [0.2, 0.25) is 0 Å². The van der Waals surface area contributed by atoms with Crippen LogP contribution in [0.2, 0.25) is 0 Å². The van der Waals surface area contributed by atoms with Crippen LogP contribution in [0.25, 0.3) is 0 Å². The monoisotopic (exact) mass is 195 g/mol. The second-order valence-corrected chi connectivity index (χ2v) is 5.14. The summed E-state index contributed by atoms with van der Waals surface area (Å²) in [5.41, 5.74) is 5.61. The summed E-state index contributed by atoms with van der Waals surface area (Å²) >= 11 is 0. The third kappa shape index (κ3) is 2.00. The minimum absolute atomic E-state index is 0.343. The Morgan fingerprint density at radius 1 is 1.14 bits per heavy atom. The molecule has 0 aliphatic heterocycles. The Morgan fingerprint density at radius 2 is 1.79 bits per heavy atom. The Labute approximate surface area is 86.2 Å². The van der Waals surface area contributed by atoms with E-state index in [1.807, 2.05) is 0 Å². The second kappa shape index (κ2) is 4.01. The van der Waals surface area contributed by atoms with Crippen LogP contribution in [0.3, 0.4) is 0 Å². The quantitative estimate of drug-likeness (QED) is 0.751. The van der Waals surface area contributed by atoms with Crippen LogP contribution >= 0.6 is 0 Å². The van der Waals surface area contributed by atoms with Crippen LogP contribution in [-0.2, 0) is 4.79 Å². The first-order chi connectivity index (χ1) is 6.71. The number of hydrogen-bond donors (Lipinski definition) is 1. The minimum Gasteiger partial charge on any atom is -0.319 e. The van der Waals surface area contributed by atoms with Gasteiger partial charge in [0.1, 0.15) is 0 Å². The minimum atomic E-state index is -0.405. The predicted molar refractivity (Wildman–Crippen MR) is 57.0 cm³/mol. The van der Waals surface area contributed by atoms with Crippen molar-refractivity contribution in [3.8, 4) is 0 Å². The van der Waals surface area contributed by atoms with E-state index in [0.717, 1.165) is 25.7 Å². The van der Waals surface area contributed by atoms with Gasteiger partial charge in [-0.25, -0.2) is 0 Å². The molecule has 0 atom stereocenters. The predicted octanol–water partition coefficient (Wildman–Crippen LogP) is 2.41. The molecule has 2 N–H and O–H groups in total. The Hall–Kier alpha value is -0.370. The van der Waals surface area contributed by atoms with Crippen molar-refractivity contribution in [2.75, 3.05) is 0 Å². The fourth-order valence-corrected chi connectivity index (χ4v) is 2.69. The zero-order valence-corrected chi connectivity index (χ0v) is 8.93. The number of carbonyl (C=O) groups is 1. The fourth-order valence-electron chi connectivity index (χ4n) is 2.69. The van der Waals surface area contributed by atoms with Gasteiger partial charge in [-0.05, 0) is 25.2 Å². The van der Waals surface area contributed by atoms with Crippen LogP contribution < -0.4 is 5.73 Å². The molecule has 0 spiro atoms. The Kier molecular flexibility index (Phi) is 2.91. The van der Waals surface area contributed by atoms with Gasteiger partial charge in [0.25, 0.3) is 0 Å². The van der Waals surface area contributed by atoms with E-state index in [0.29, 0.717) is 11.7 Å². The van der Waals surface area contributed by atoms with Crippen molar-refractivity contribution in [1.82, 2.24) is 0 Å². The third-order valence-electron chi connectivity index (χ3n) is 4.00. The van der Waals surface area contributed by atoms with Gasteiger partial charge in [0.05, 0.1) is 5.54 Å². The number of Topliss-reactive ketones (excluding diaryl/α,β-unsaturated/α-hetero) is 1. The molecule has 14 heavy (non-hydrogen) atoms. The summed E-state index contributed by atoms with van der Waals surface area (Å²) in [7, 11) is 0. The lowest BCUT2D eigenvalue weighted by Crippen LogP contribution is -2.54. The van der Waals surface area contributed by atoms with E-state index in [-0.39, 0.29) is 0 Å². The fraction of sp³-hybridized carbons (Fsp3) is 0.917. The van der Waals surface area contributed by atoms with Crippen LogP contribution in [0.15, 0.2) is 0 Å². The summed E-state index contributed by atoms with van der Waals surface area (Å²) in [6.45, 7) is 0. The van der Waals surface area contributed by atoms with E-state index in [2.05, 4.69) is 0 Å². The van der Waals surface area contributed by atoms with Crippen molar-refractivity contribution in [3.63, 3.8) is 0 Å². The molecule has 2 heteroatoms. The van der Waals surface area contributed by atoms with Crippen molar-refractivity contribution in [3.05, 3.63) is 0 Å². The number of ketones is 1. The van der Waals surface area contributed by atoms with Gasteiger partial charge in [-0.3, -0.25) is 4.79 Å². The largest absolute Gasteiger partial charge is 0.319 e. The van der Waals surface area contributed by atoms with E-state index in [4.69, 9.17) is 5.73 Å². The lowest BCUT2D eigenvalue weighted by molar-refractivity contribution is -0.128. The summed E-state index contributed by atoms with van der Waals surface area (Å²) in [6.07, 6.45) is 10.3. The van der Waals surface area contributed by atoms with Crippen molar-refractivity contribution < 1.29 is 4.79 Å². The molecule has 2 aliphatic rings. The first-order valence-corrected chi connectivity index (χ1v) is 6.03. The molecule has 0 radical (unpaired) electrons. The van der Waals surface area contributed by atoms with Crippen LogP contribution in [0.4, 0.5) is 0 Å².